The molecule has 0 saturated carbocycles. The van der Waals surface area contributed by atoms with Crippen LogP contribution in [0.2, 0.25) is 0 Å². The van der Waals surface area contributed by atoms with Gasteiger partial charge in [0.15, 0.2) is 0 Å². The van der Waals surface area contributed by atoms with Crippen molar-refractivity contribution in [2.45, 2.75) is 19.1 Å². The zero-order chi connectivity index (χ0) is 19.2. The van der Waals surface area contributed by atoms with Crippen LogP contribution in [0.25, 0.3) is 0 Å². The Morgan fingerprint density at radius 1 is 1.07 bits per heavy atom. The van der Waals surface area contributed by atoms with E-state index in [4.69, 9.17) is 4.74 Å². The third-order valence-electron chi connectivity index (χ3n) is 4.51. The molecule has 1 aliphatic heterocycles. The molecule has 0 bridgehead atoms. The second-order valence-electron chi connectivity index (χ2n) is 6.55. The van der Waals surface area contributed by atoms with Gasteiger partial charge in [-0.15, -0.1) is 0 Å². The highest BCUT2D eigenvalue weighted by Crippen LogP contribution is 2.23. The summed E-state index contributed by atoms with van der Waals surface area (Å²) in [5.41, 5.74) is 1.54. The first-order valence-electron chi connectivity index (χ1n) is 9.27. The van der Waals surface area contributed by atoms with E-state index in [0.29, 0.717) is 23.8 Å². The lowest BCUT2D eigenvalue weighted by atomic mass is 10.2. The molecule has 142 valence electrons. The van der Waals surface area contributed by atoms with Gasteiger partial charge in [-0.2, -0.15) is 11.8 Å². The monoisotopic (exact) mass is 391 g/mol. The average molecular weight is 391 g/mol. The Hall–Kier alpha value is -2.86. The molecular weight excluding hydrogens is 370 g/mol. The van der Waals surface area contributed by atoms with E-state index in [1.165, 1.54) is 0 Å². The fourth-order valence-electron chi connectivity index (χ4n) is 3.05. The summed E-state index contributed by atoms with van der Waals surface area (Å²) in [6.07, 6.45) is 4.52. The minimum atomic E-state index is -0.141. The van der Waals surface area contributed by atoms with Gasteiger partial charge in [0, 0.05) is 24.2 Å². The number of amides is 1. The molecule has 0 spiro atoms. The summed E-state index contributed by atoms with van der Waals surface area (Å²) in [6.45, 7) is 0.439. The number of carbonyl (C=O) groups excluding carboxylic acids is 1. The number of aromatic nitrogens is 2. The molecule has 2 aromatic heterocycles. The predicted octanol–water partition coefficient (Wildman–Crippen LogP) is 4.21. The van der Waals surface area contributed by atoms with Crippen LogP contribution in [0.15, 0.2) is 73.1 Å². The number of anilines is 1. The third kappa shape index (κ3) is 4.51. The highest BCUT2D eigenvalue weighted by atomic mass is 32.2. The van der Waals surface area contributed by atoms with E-state index in [1.807, 2.05) is 60.3 Å². The maximum Gasteiger partial charge on any atom is 0.261 e. The number of thioether (sulfide) groups is 1. The van der Waals surface area contributed by atoms with Gasteiger partial charge in [0.2, 0.25) is 5.88 Å². The lowest BCUT2D eigenvalue weighted by Gasteiger charge is -2.22. The van der Waals surface area contributed by atoms with Gasteiger partial charge in [-0.05, 0) is 35.9 Å². The quantitative estimate of drug-likeness (QED) is 0.630. The van der Waals surface area contributed by atoms with E-state index in [2.05, 4.69) is 9.97 Å². The van der Waals surface area contributed by atoms with Crippen molar-refractivity contribution in [1.82, 2.24) is 9.97 Å². The molecule has 3 heterocycles. The molecular formula is C22H21N3O2S. The Morgan fingerprint density at radius 2 is 1.93 bits per heavy atom. The molecule has 1 amide bonds. The Kier molecular flexibility index (Phi) is 5.87. The number of hydrogen-bond acceptors (Lipinski definition) is 5. The molecule has 4 rings (SSSR count). The van der Waals surface area contributed by atoms with Gasteiger partial charge in [-0.3, -0.25) is 9.69 Å². The fourth-order valence-corrected chi connectivity index (χ4v) is 4.14. The molecule has 0 unspecified atom stereocenters. The largest absolute Gasteiger partial charge is 0.473 e. The Balaban J connectivity index is 1.54. The SMILES string of the molecule is O=C(c1ccc(O[C@H]2CCSC2)nc1)N(Cc1ccccc1)c1ccccn1. The van der Waals surface area contributed by atoms with Gasteiger partial charge in [-0.25, -0.2) is 9.97 Å². The van der Waals surface area contributed by atoms with Gasteiger partial charge < -0.3 is 4.74 Å². The highest BCUT2D eigenvalue weighted by molar-refractivity contribution is 7.99. The van der Waals surface area contributed by atoms with Gasteiger partial charge in [0.1, 0.15) is 11.9 Å². The van der Waals surface area contributed by atoms with Crippen LogP contribution in [-0.4, -0.2) is 33.5 Å². The first-order chi connectivity index (χ1) is 13.8. The zero-order valence-electron chi connectivity index (χ0n) is 15.4. The molecule has 1 atom stereocenters. The maximum atomic E-state index is 13.2. The van der Waals surface area contributed by atoms with Gasteiger partial charge in [0.25, 0.3) is 5.91 Å². The van der Waals surface area contributed by atoms with Gasteiger partial charge in [0.05, 0.1) is 12.1 Å². The number of rotatable bonds is 6. The van der Waals surface area contributed by atoms with Crippen molar-refractivity contribution in [3.63, 3.8) is 0 Å². The summed E-state index contributed by atoms with van der Waals surface area (Å²) in [5.74, 6) is 3.15. The number of hydrogen-bond donors (Lipinski definition) is 0. The van der Waals surface area contributed by atoms with E-state index in [9.17, 15) is 4.79 Å². The minimum Gasteiger partial charge on any atom is -0.473 e. The number of benzene rings is 1. The number of pyridine rings is 2. The summed E-state index contributed by atoms with van der Waals surface area (Å²) in [6, 6.07) is 19.0. The van der Waals surface area contributed by atoms with Crippen molar-refractivity contribution < 1.29 is 9.53 Å². The van der Waals surface area contributed by atoms with E-state index in [0.717, 1.165) is 23.5 Å². The average Bonchev–Trinajstić information content (AvgIpc) is 3.26. The van der Waals surface area contributed by atoms with Gasteiger partial charge in [-0.1, -0.05) is 36.4 Å². The zero-order valence-corrected chi connectivity index (χ0v) is 16.2. The van der Waals surface area contributed by atoms with Crippen LogP contribution in [0.1, 0.15) is 22.3 Å². The maximum absolute atomic E-state index is 13.2. The first-order valence-corrected chi connectivity index (χ1v) is 10.4. The molecule has 1 aliphatic rings. The second-order valence-corrected chi connectivity index (χ2v) is 7.70. The van der Waals surface area contributed by atoms with Crippen LogP contribution >= 0.6 is 11.8 Å². The lowest BCUT2D eigenvalue weighted by molar-refractivity contribution is 0.0984. The Bertz CT molecular complexity index is 898. The van der Waals surface area contributed by atoms with Crippen LogP contribution in [0.4, 0.5) is 5.82 Å². The molecule has 1 fully saturated rings. The Labute approximate surface area is 168 Å². The topological polar surface area (TPSA) is 55.3 Å². The summed E-state index contributed by atoms with van der Waals surface area (Å²) in [5, 5.41) is 0. The van der Waals surface area contributed by atoms with E-state index in [1.54, 1.807) is 29.4 Å². The molecule has 3 aromatic rings. The van der Waals surface area contributed by atoms with Crippen LogP contribution in [-0.2, 0) is 6.54 Å². The minimum absolute atomic E-state index is 0.141. The van der Waals surface area contributed by atoms with Crippen molar-refractivity contribution in [3.05, 3.63) is 84.2 Å². The molecule has 0 aliphatic carbocycles. The number of carbonyl (C=O) groups is 1. The number of nitrogens with zero attached hydrogens (tertiary/aromatic N) is 3. The summed E-state index contributed by atoms with van der Waals surface area (Å²) >= 11 is 1.89. The predicted molar refractivity (Wildman–Crippen MR) is 112 cm³/mol. The molecule has 0 radical (unpaired) electrons. The highest BCUT2D eigenvalue weighted by Gasteiger charge is 2.21. The fraction of sp³-hybridized carbons (Fsp3) is 0.227. The molecule has 0 N–H and O–H groups in total. The molecule has 28 heavy (non-hydrogen) atoms. The van der Waals surface area contributed by atoms with Crippen molar-refractivity contribution in [1.29, 1.82) is 0 Å². The lowest BCUT2D eigenvalue weighted by Crippen LogP contribution is -2.31. The molecule has 6 heteroatoms. The summed E-state index contributed by atoms with van der Waals surface area (Å²) < 4.78 is 5.88. The number of ether oxygens (including phenoxy) is 1. The van der Waals surface area contributed by atoms with Crippen molar-refractivity contribution in [2.75, 3.05) is 16.4 Å². The second kappa shape index (κ2) is 8.89. The van der Waals surface area contributed by atoms with Crippen molar-refractivity contribution >= 4 is 23.5 Å². The summed E-state index contributed by atoms with van der Waals surface area (Å²) in [7, 11) is 0. The van der Waals surface area contributed by atoms with E-state index >= 15 is 0 Å². The van der Waals surface area contributed by atoms with Crippen molar-refractivity contribution in [2.24, 2.45) is 0 Å². The van der Waals surface area contributed by atoms with E-state index in [-0.39, 0.29) is 12.0 Å². The van der Waals surface area contributed by atoms with Crippen molar-refractivity contribution in [3.8, 4) is 5.88 Å². The summed E-state index contributed by atoms with van der Waals surface area (Å²) in [4.78, 5) is 23.6. The van der Waals surface area contributed by atoms with Crippen LogP contribution < -0.4 is 9.64 Å². The molecule has 1 aromatic carbocycles. The van der Waals surface area contributed by atoms with Gasteiger partial charge >= 0.3 is 0 Å². The smallest absolute Gasteiger partial charge is 0.261 e. The van der Waals surface area contributed by atoms with Crippen LogP contribution in [0.5, 0.6) is 5.88 Å². The van der Waals surface area contributed by atoms with E-state index < -0.39 is 0 Å². The molecule has 1 saturated heterocycles. The van der Waals surface area contributed by atoms with Crippen LogP contribution in [0, 0.1) is 0 Å². The Morgan fingerprint density at radius 3 is 2.61 bits per heavy atom. The third-order valence-corrected chi connectivity index (χ3v) is 5.64. The standard InChI is InChI=1S/C22H21N3O2S/c26-22(18-9-10-21(24-14-18)27-19-11-13-28-16-19)25(20-8-4-5-12-23-20)15-17-6-2-1-3-7-17/h1-10,12,14,19H,11,13,15-16H2/t19-/m0/s1. The van der Waals surface area contributed by atoms with Crippen LogP contribution in [0.3, 0.4) is 0 Å². The molecule has 5 nitrogen and oxygen atoms in total. The first kappa shape index (κ1) is 18.5. The normalized spacial score (nSPS) is 15.9.